The summed E-state index contributed by atoms with van der Waals surface area (Å²) in [5, 5.41) is 6.98. The number of aryl methyl sites for hydroxylation is 3. The molecule has 1 aliphatic rings. The van der Waals surface area contributed by atoms with E-state index in [1.54, 1.807) is 18.7 Å². The molecule has 146 valence electrons. The second-order valence-electron chi connectivity index (χ2n) is 7.34. The number of benzene rings is 1. The number of nitrogens with one attached hydrogen (secondary N) is 1. The summed E-state index contributed by atoms with van der Waals surface area (Å²) in [6, 6.07) is 9.83. The van der Waals surface area contributed by atoms with Crippen molar-refractivity contribution in [3.63, 3.8) is 0 Å². The van der Waals surface area contributed by atoms with Crippen LogP contribution in [0.3, 0.4) is 0 Å². The van der Waals surface area contributed by atoms with Gasteiger partial charge >= 0.3 is 0 Å². The number of aromatic nitrogens is 4. The van der Waals surface area contributed by atoms with Crippen molar-refractivity contribution in [3.8, 4) is 11.1 Å². The van der Waals surface area contributed by atoms with Crippen LogP contribution in [0.1, 0.15) is 38.8 Å². The zero-order valence-electron chi connectivity index (χ0n) is 16.3. The SMILES string of the molecule is Cc1noc(C)c1C(=O)N1Cc2nc3c(-c4ccccc4)c(C)[nH]n3c(=O)c2C1. The Labute approximate surface area is 165 Å². The van der Waals surface area contributed by atoms with E-state index in [0.717, 1.165) is 16.8 Å². The predicted octanol–water partition coefficient (Wildman–Crippen LogP) is 2.76. The van der Waals surface area contributed by atoms with E-state index in [1.807, 2.05) is 37.3 Å². The second kappa shape index (κ2) is 6.16. The van der Waals surface area contributed by atoms with Gasteiger partial charge in [-0.2, -0.15) is 0 Å². The highest BCUT2D eigenvalue weighted by atomic mass is 16.5. The maximum absolute atomic E-state index is 13.1. The maximum atomic E-state index is 13.1. The van der Waals surface area contributed by atoms with Gasteiger partial charge in [0.2, 0.25) is 0 Å². The second-order valence-corrected chi connectivity index (χ2v) is 7.34. The highest BCUT2D eigenvalue weighted by molar-refractivity contribution is 5.96. The van der Waals surface area contributed by atoms with Gasteiger partial charge in [-0.25, -0.2) is 9.50 Å². The van der Waals surface area contributed by atoms with Gasteiger partial charge in [-0.15, -0.1) is 0 Å². The van der Waals surface area contributed by atoms with Gasteiger partial charge in [0.25, 0.3) is 11.5 Å². The first-order valence-corrected chi connectivity index (χ1v) is 9.36. The molecular formula is C21H19N5O3. The first-order valence-electron chi connectivity index (χ1n) is 9.36. The van der Waals surface area contributed by atoms with Crippen molar-refractivity contribution >= 4 is 11.6 Å². The lowest BCUT2D eigenvalue weighted by atomic mass is 10.1. The standard InChI is InChI=1S/C21H19N5O3/c1-11-18(14-7-5-4-6-8-14)19-22-16-10-25(9-15(16)20(27)26(19)23-11)21(28)17-12(2)24-29-13(17)3/h4-8,23H,9-10H2,1-3H3. The molecule has 8 heteroatoms. The number of fused-ring (bicyclic) bond motifs is 2. The lowest BCUT2D eigenvalue weighted by Crippen LogP contribution is -2.27. The molecule has 29 heavy (non-hydrogen) atoms. The molecule has 0 unspecified atom stereocenters. The first kappa shape index (κ1) is 17.4. The molecule has 0 bridgehead atoms. The Bertz CT molecular complexity index is 1310. The molecule has 1 aliphatic heterocycles. The largest absolute Gasteiger partial charge is 0.361 e. The average molecular weight is 389 g/mol. The summed E-state index contributed by atoms with van der Waals surface area (Å²) in [6.07, 6.45) is 0. The molecule has 0 saturated heterocycles. The van der Waals surface area contributed by atoms with E-state index in [-0.39, 0.29) is 24.6 Å². The zero-order valence-corrected chi connectivity index (χ0v) is 16.3. The number of carbonyl (C=O) groups excluding carboxylic acids is 1. The van der Waals surface area contributed by atoms with Crippen molar-refractivity contribution in [2.45, 2.75) is 33.9 Å². The Balaban J connectivity index is 1.60. The molecule has 0 saturated carbocycles. The number of aromatic amines is 1. The van der Waals surface area contributed by atoms with E-state index in [0.29, 0.717) is 33.9 Å². The normalized spacial score (nSPS) is 13.3. The molecule has 5 rings (SSSR count). The van der Waals surface area contributed by atoms with Gasteiger partial charge in [0, 0.05) is 11.3 Å². The van der Waals surface area contributed by atoms with E-state index in [9.17, 15) is 9.59 Å². The molecule has 1 amide bonds. The van der Waals surface area contributed by atoms with Gasteiger partial charge in [0.15, 0.2) is 5.65 Å². The number of rotatable bonds is 2. The molecule has 0 radical (unpaired) electrons. The molecule has 3 aromatic heterocycles. The smallest absolute Gasteiger partial charge is 0.278 e. The predicted molar refractivity (Wildman–Crippen MR) is 106 cm³/mol. The van der Waals surface area contributed by atoms with Crippen LogP contribution in [-0.4, -0.2) is 30.6 Å². The molecule has 1 N–H and O–H groups in total. The highest BCUT2D eigenvalue weighted by Gasteiger charge is 2.32. The van der Waals surface area contributed by atoms with E-state index in [4.69, 9.17) is 9.51 Å². The average Bonchev–Trinajstić information content (AvgIpc) is 3.38. The summed E-state index contributed by atoms with van der Waals surface area (Å²) in [5.74, 6) is 0.272. The lowest BCUT2D eigenvalue weighted by Gasteiger charge is -2.14. The number of nitrogens with zero attached hydrogens (tertiary/aromatic N) is 4. The van der Waals surface area contributed by atoms with Crippen LogP contribution in [0.2, 0.25) is 0 Å². The van der Waals surface area contributed by atoms with Crippen LogP contribution in [0.25, 0.3) is 16.8 Å². The van der Waals surface area contributed by atoms with E-state index < -0.39 is 0 Å². The fraction of sp³-hybridized carbons (Fsp3) is 0.238. The number of hydrogen-bond acceptors (Lipinski definition) is 5. The Kier molecular flexibility index (Phi) is 3.70. The van der Waals surface area contributed by atoms with Gasteiger partial charge in [0.05, 0.1) is 30.0 Å². The highest BCUT2D eigenvalue weighted by Crippen LogP contribution is 2.29. The van der Waals surface area contributed by atoms with Crippen molar-refractivity contribution in [1.29, 1.82) is 0 Å². The third-order valence-electron chi connectivity index (χ3n) is 5.43. The fourth-order valence-electron chi connectivity index (χ4n) is 4.02. The fourth-order valence-corrected chi connectivity index (χ4v) is 4.02. The number of hydrogen-bond donors (Lipinski definition) is 1. The topological polar surface area (TPSA) is 96.5 Å². The van der Waals surface area contributed by atoms with E-state index >= 15 is 0 Å². The molecular weight excluding hydrogens is 370 g/mol. The van der Waals surface area contributed by atoms with Crippen LogP contribution in [0, 0.1) is 20.8 Å². The van der Waals surface area contributed by atoms with Crippen LogP contribution < -0.4 is 5.56 Å². The van der Waals surface area contributed by atoms with Crippen LogP contribution in [-0.2, 0) is 13.1 Å². The minimum Gasteiger partial charge on any atom is -0.361 e. The monoisotopic (exact) mass is 389 g/mol. The molecule has 4 heterocycles. The third-order valence-corrected chi connectivity index (χ3v) is 5.43. The quantitative estimate of drug-likeness (QED) is 0.569. The Hall–Kier alpha value is -3.68. The number of H-pyrrole nitrogens is 1. The number of carbonyl (C=O) groups is 1. The van der Waals surface area contributed by atoms with Gasteiger partial charge in [0.1, 0.15) is 11.3 Å². The molecule has 0 fully saturated rings. The summed E-state index contributed by atoms with van der Waals surface area (Å²) in [4.78, 5) is 32.5. The van der Waals surface area contributed by atoms with Crippen molar-refractivity contribution in [1.82, 2.24) is 24.7 Å². The van der Waals surface area contributed by atoms with E-state index in [1.165, 1.54) is 4.52 Å². The Morgan fingerprint density at radius 1 is 1.14 bits per heavy atom. The first-order chi connectivity index (χ1) is 14.0. The number of amides is 1. The van der Waals surface area contributed by atoms with Gasteiger partial charge < -0.3 is 9.42 Å². The van der Waals surface area contributed by atoms with Crippen LogP contribution >= 0.6 is 0 Å². The third kappa shape index (κ3) is 2.52. The molecule has 8 nitrogen and oxygen atoms in total. The van der Waals surface area contributed by atoms with Gasteiger partial charge in [-0.1, -0.05) is 35.5 Å². The molecule has 0 spiro atoms. The van der Waals surface area contributed by atoms with Crippen LogP contribution in [0.5, 0.6) is 0 Å². The van der Waals surface area contributed by atoms with Crippen molar-refractivity contribution in [2.24, 2.45) is 0 Å². The van der Waals surface area contributed by atoms with Crippen molar-refractivity contribution in [2.75, 3.05) is 0 Å². The maximum Gasteiger partial charge on any atom is 0.278 e. The Morgan fingerprint density at radius 2 is 1.90 bits per heavy atom. The molecule has 0 aliphatic carbocycles. The van der Waals surface area contributed by atoms with Crippen molar-refractivity contribution < 1.29 is 9.32 Å². The van der Waals surface area contributed by atoms with Crippen LogP contribution in [0.4, 0.5) is 0 Å². The Morgan fingerprint density at radius 3 is 2.59 bits per heavy atom. The molecule has 0 atom stereocenters. The zero-order chi connectivity index (χ0) is 20.3. The van der Waals surface area contributed by atoms with Gasteiger partial charge in [-0.3, -0.25) is 14.7 Å². The van der Waals surface area contributed by atoms with Gasteiger partial charge in [-0.05, 0) is 26.3 Å². The summed E-state index contributed by atoms with van der Waals surface area (Å²) in [6.45, 7) is 5.86. The minimum absolute atomic E-state index is 0.177. The molecule has 4 aromatic rings. The summed E-state index contributed by atoms with van der Waals surface area (Å²) in [7, 11) is 0. The van der Waals surface area contributed by atoms with Crippen LogP contribution in [0.15, 0.2) is 39.6 Å². The minimum atomic E-state index is -0.202. The lowest BCUT2D eigenvalue weighted by molar-refractivity contribution is 0.0748. The van der Waals surface area contributed by atoms with Crippen molar-refractivity contribution in [3.05, 3.63) is 74.7 Å². The summed E-state index contributed by atoms with van der Waals surface area (Å²) < 4.78 is 6.59. The summed E-state index contributed by atoms with van der Waals surface area (Å²) >= 11 is 0. The summed E-state index contributed by atoms with van der Waals surface area (Å²) in [5.41, 5.74) is 5.29. The van der Waals surface area contributed by atoms with E-state index in [2.05, 4.69) is 10.3 Å². The molecule has 1 aromatic carbocycles.